The summed E-state index contributed by atoms with van der Waals surface area (Å²) in [6.45, 7) is 2.10. The molecule has 0 aliphatic carbocycles. The molecule has 0 aliphatic heterocycles. The first-order valence-electron chi connectivity index (χ1n) is 9.57. The fraction of sp³-hybridized carbons (Fsp3) is 0.125. The third kappa shape index (κ3) is 4.46. The number of nitrogens with zero attached hydrogens (tertiary/aromatic N) is 2. The number of benzene rings is 3. The van der Waals surface area contributed by atoms with Crippen molar-refractivity contribution in [2.24, 2.45) is 0 Å². The lowest BCUT2D eigenvalue weighted by Gasteiger charge is -2.10. The van der Waals surface area contributed by atoms with Gasteiger partial charge in [-0.05, 0) is 24.1 Å². The molecular formula is C24H21N3OS. The summed E-state index contributed by atoms with van der Waals surface area (Å²) in [4.78, 5) is 12.4. The predicted molar refractivity (Wildman–Crippen MR) is 120 cm³/mol. The van der Waals surface area contributed by atoms with Gasteiger partial charge in [0.2, 0.25) is 5.91 Å². The van der Waals surface area contributed by atoms with Gasteiger partial charge in [-0.1, -0.05) is 85.4 Å². The van der Waals surface area contributed by atoms with Crippen LogP contribution in [0.1, 0.15) is 12.5 Å². The van der Waals surface area contributed by atoms with Gasteiger partial charge in [-0.3, -0.25) is 4.79 Å². The molecule has 1 aromatic heterocycles. The van der Waals surface area contributed by atoms with Gasteiger partial charge in [0.1, 0.15) is 10.7 Å². The SMILES string of the molecule is CCc1cccc(NC(=O)CSc2nnc(-c3ccccc3)c3ccccc23)c1. The van der Waals surface area contributed by atoms with E-state index >= 15 is 0 Å². The summed E-state index contributed by atoms with van der Waals surface area (Å²) in [5.74, 6) is 0.223. The summed E-state index contributed by atoms with van der Waals surface area (Å²) >= 11 is 1.41. The number of carbonyl (C=O) groups is 1. The van der Waals surface area contributed by atoms with Gasteiger partial charge >= 0.3 is 0 Å². The van der Waals surface area contributed by atoms with Crippen LogP contribution in [0.4, 0.5) is 5.69 Å². The van der Waals surface area contributed by atoms with Crippen LogP contribution in [0.5, 0.6) is 0 Å². The van der Waals surface area contributed by atoms with E-state index in [0.29, 0.717) is 0 Å². The maximum absolute atomic E-state index is 12.4. The lowest BCUT2D eigenvalue weighted by Crippen LogP contribution is -2.14. The van der Waals surface area contributed by atoms with Crippen molar-refractivity contribution in [1.29, 1.82) is 0 Å². The van der Waals surface area contributed by atoms with Crippen LogP contribution >= 0.6 is 11.8 Å². The molecule has 0 atom stereocenters. The number of rotatable bonds is 6. The van der Waals surface area contributed by atoms with E-state index in [-0.39, 0.29) is 11.7 Å². The average Bonchev–Trinajstić information content (AvgIpc) is 2.78. The van der Waals surface area contributed by atoms with Crippen molar-refractivity contribution in [3.63, 3.8) is 0 Å². The minimum Gasteiger partial charge on any atom is -0.325 e. The molecule has 0 saturated carbocycles. The van der Waals surface area contributed by atoms with Gasteiger partial charge in [-0.2, -0.15) is 0 Å². The van der Waals surface area contributed by atoms with E-state index < -0.39 is 0 Å². The number of anilines is 1. The van der Waals surface area contributed by atoms with E-state index in [1.54, 1.807) is 0 Å². The van der Waals surface area contributed by atoms with Crippen LogP contribution in [0.3, 0.4) is 0 Å². The molecule has 4 aromatic rings. The molecule has 0 radical (unpaired) electrons. The number of hydrogen-bond acceptors (Lipinski definition) is 4. The third-order valence-corrected chi connectivity index (χ3v) is 5.64. The van der Waals surface area contributed by atoms with E-state index in [1.807, 2.05) is 72.8 Å². The Labute approximate surface area is 174 Å². The quantitative estimate of drug-likeness (QED) is 0.429. The maximum atomic E-state index is 12.4. The van der Waals surface area contributed by atoms with Gasteiger partial charge in [0, 0.05) is 22.0 Å². The van der Waals surface area contributed by atoms with Gasteiger partial charge in [0.15, 0.2) is 0 Å². The van der Waals surface area contributed by atoms with E-state index in [1.165, 1.54) is 17.3 Å². The average molecular weight is 400 g/mol. The smallest absolute Gasteiger partial charge is 0.234 e. The Morgan fingerprint density at radius 3 is 2.45 bits per heavy atom. The molecule has 1 amide bonds. The van der Waals surface area contributed by atoms with Crippen LogP contribution in [0.25, 0.3) is 22.0 Å². The van der Waals surface area contributed by atoms with Crippen molar-refractivity contribution in [1.82, 2.24) is 10.2 Å². The molecule has 0 aliphatic rings. The molecule has 4 nitrogen and oxygen atoms in total. The van der Waals surface area contributed by atoms with Crippen LogP contribution in [-0.2, 0) is 11.2 Å². The second-order valence-electron chi connectivity index (χ2n) is 6.66. The van der Waals surface area contributed by atoms with Gasteiger partial charge in [0.25, 0.3) is 0 Å². The number of aromatic nitrogens is 2. The Hall–Kier alpha value is -3.18. The first-order valence-corrected chi connectivity index (χ1v) is 10.6. The van der Waals surface area contributed by atoms with Crippen molar-refractivity contribution < 1.29 is 4.79 Å². The number of hydrogen-bond donors (Lipinski definition) is 1. The zero-order valence-electron chi connectivity index (χ0n) is 16.1. The topological polar surface area (TPSA) is 54.9 Å². The molecule has 1 N–H and O–H groups in total. The molecule has 144 valence electrons. The molecular weight excluding hydrogens is 378 g/mol. The van der Waals surface area contributed by atoms with E-state index in [4.69, 9.17) is 0 Å². The highest BCUT2D eigenvalue weighted by atomic mass is 32.2. The Balaban J connectivity index is 1.53. The summed E-state index contributed by atoms with van der Waals surface area (Å²) in [5.41, 5.74) is 3.90. The van der Waals surface area contributed by atoms with Gasteiger partial charge in [-0.15, -0.1) is 10.2 Å². The van der Waals surface area contributed by atoms with Crippen LogP contribution < -0.4 is 5.32 Å². The van der Waals surface area contributed by atoms with Crippen molar-refractivity contribution in [3.05, 3.63) is 84.4 Å². The highest BCUT2D eigenvalue weighted by Gasteiger charge is 2.12. The standard InChI is InChI=1S/C24H21N3OS/c1-2-17-9-8-12-19(15-17)25-22(28)16-29-24-21-14-7-6-13-20(21)23(26-27-24)18-10-4-3-5-11-18/h3-15H,2,16H2,1H3,(H,25,28). The summed E-state index contributed by atoms with van der Waals surface area (Å²) in [7, 11) is 0. The summed E-state index contributed by atoms with van der Waals surface area (Å²) in [6, 6.07) is 26.0. The summed E-state index contributed by atoms with van der Waals surface area (Å²) in [6.07, 6.45) is 0.938. The van der Waals surface area contributed by atoms with Gasteiger partial charge < -0.3 is 5.32 Å². The Kier molecular flexibility index (Phi) is 5.86. The highest BCUT2D eigenvalue weighted by molar-refractivity contribution is 8.00. The van der Waals surface area contributed by atoms with Crippen LogP contribution in [0.15, 0.2) is 83.9 Å². The number of carbonyl (C=O) groups excluding carboxylic acids is 1. The highest BCUT2D eigenvalue weighted by Crippen LogP contribution is 2.31. The first-order chi connectivity index (χ1) is 14.2. The Bertz CT molecular complexity index is 1150. The minimum atomic E-state index is -0.0544. The van der Waals surface area contributed by atoms with Crippen molar-refractivity contribution >= 4 is 34.1 Å². The van der Waals surface area contributed by atoms with Gasteiger partial charge in [0.05, 0.1) is 5.75 Å². The summed E-state index contributed by atoms with van der Waals surface area (Å²) < 4.78 is 0. The lowest BCUT2D eigenvalue weighted by atomic mass is 10.1. The van der Waals surface area contributed by atoms with Crippen molar-refractivity contribution in [2.45, 2.75) is 18.4 Å². The van der Waals surface area contributed by atoms with E-state index in [0.717, 1.165) is 39.2 Å². The normalized spacial score (nSPS) is 10.8. The fourth-order valence-electron chi connectivity index (χ4n) is 3.20. The molecule has 1 heterocycles. The third-order valence-electron chi connectivity index (χ3n) is 4.66. The number of nitrogens with one attached hydrogen (secondary N) is 1. The molecule has 0 fully saturated rings. The van der Waals surface area contributed by atoms with Crippen molar-refractivity contribution in [2.75, 3.05) is 11.1 Å². The number of fused-ring (bicyclic) bond motifs is 1. The van der Waals surface area contributed by atoms with Crippen molar-refractivity contribution in [3.8, 4) is 11.3 Å². The molecule has 4 rings (SSSR count). The number of amides is 1. The molecule has 3 aromatic carbocycles. The molecule has 29 heavy (non-hydrogen) atoms. The monoisotopic (exact) mass is 399 g/mol. The molecule has 5 heteroatoms. The maximum Gasteiger partial charge on any atom is 0.234 e. The van der Waals surface area contributed by atoms with Crippen LogP contribution in [0.2, 0.25) is 0 Å². The largest absolute Gasteiger partial charge is 0.325 e. The first kappa shape index (κ1) is 19.2. The Morgan fingerprint density at radius 2 is 1.66 bits per heavy atom. The number of aryl methyl sites for hydroxylation is 1. The molecule has 0 spiro atoms. The van der Waals surface area contributed by atoms with Crippen LogP contribution in [-0.4, -0.2) is 21.9 Å². The molecule has 0 unspecified atom stereocenters. The van der Waals surface area contributed by atoms with Gasteiger partial charge in [-0.25, -0.2) is 0 Å². The predicted octanol–water partition coefficient (Wildman–Crippen LogP) is 5.59. The minimum absolute atomic E-state index is 0.0544. The second kappa shape index (κ2) is 8.88. The molecule has 0 saturated heterocycles. The lowest BCUT2D eigenvalue weighted by molar-refractivity contribution is -0.113. The summed E-state index contributed by atoms with van der Waals surface area (Å²) in [5, 5.41) is 14.6. The zero-order valence-corrected chi connectivity index (χ0v) is 16.9. The fourth-order valence-corrected chi connectivity index (χ4v) is 3.97. The molecule has 0 bridgehead atoms. The van der Waals surface area contributed by atoms with E-state index in [9.17, 15) is 4.79 Å². The Morgan fingerprint density at radius 1 is 0.897 bits per heavy atom. The van der Waals surface area contributed by atoms with Crippen LogP contribution in [0, 0.1) is 0 Å². The second-order valence-corrected chi connectivity index (χ2v) is 7.62. The number of thioether (sulfide) groups is 1. The van der Waals surface area contributed by atoms with E-state index in [2.05, 4.69) is 28.5 Å². The zero-order chi connectivity index (χ0) is 20.1.